The molecular weight excluding hydrogens is 699 g/mol. The average molecular weight is 732 g/mol. The highest BCUT2D eigenvalue weighted by Crippen LogP contribution is 2.33. The number of rotatable bonds is 9. The number of thiophene rings is 1. The summed E-state index contributed by atoms with van der Waals surface area (Å²) in [7, 11) is -4.14. The van der Waals surface area contributed by atoms with Gasteiger partial charge in [0.2, 0.25) is 21.8 Å². The van der Waals surface area contributed by atoms with Crippen LogP contribution in [0.25, 0.3) is 10.6 Å². The van der Waals surface area contributed by atoms with Crippen molar-refractivity contribution < 1.29 is 45.6 Å². The Hall–Kier alpha value is -3.51. The summed E-state index contributed by atoms with van der Waals surface area (Å²) < 4.78 is 68.2. The second-order valence-electron chi connectivity index (χ2n) is 11.6. The Morgan fingerprint density at radius 1 is 1.15 bits per heavy atom. The lowest BCUT2D eigenvalue weighted by atomic mass is 10.1. The largest absolute Gasteiger partial charge is 0.490 e. The molecule has 12 nitrogen and oxygen atoms in total. The van der Waals surface area contributed by atoms with Crippen molar-refractivity contribution in [1.29, 1.82) is 0 Å². The fourth-order valence-electron chi connectivity index (χ4n) is 5.67. The molecule has 1 atom stereocenters. The number of anilines is 1. The Labute approximate surface area is 283 Å². The molecule has 0 bridgehead atoms. The van der Waals surface area contributed by atoms with E-state index in [1.54, 1.807) is 41.0 Å². The lowest BCUT2D eigenvalue weighted by Gasteiger charge is -2.36. The number of amides is 2. The molecule has 4 heterocycles. The van der Waals surface area contributed by atoms with E-state index in [-0.39, 0.29) is 23.1 Å². The van der Waals surface area contributed by atoms with Crippen LogP contribution in [-0.4, -0.2) is 97.2 Å². The minimum Gasteiger partial charge on any atom is -0.475 e. The van der Waals surface area contributed by atoms with Crippen LogP contribution < -0.4 is 9.62 Å². The summed E-state index contributed by atoms with van der Waals surface area (Å²) in [6.45, 7) is 4.87. The molecule has 6 rings (SSSR count). The number of carboxylic acid groups (broad SMARTS) is 1. The molecule has 260 valence electrons. The summed E-state index contributed by atoms with van der Waals surface area (Å²) in [5.74, 6) is -2.57. The van der Waals surface area contributed by atoms with Crippen LogP contribution in [0.15, 0.2) is 45.8 Å². The molecule has 1 saturated carbocycles. The van der Waals surface area contributed by atoms with Gasteiger partial charge in [0.15, 0.2) is 5.76 Å². The second-order valence-corrected chi connectivity index (χ2v) is 15.0. The third kappa shape index (κ3) is 8.55. The number of piperazine rings is 1. The van der Waals surface area contributed by atoms with Crippen molar-refractivity contribution >= 4 is 56.4 Å². The zero-order valence-corrected chi connectivity index (χ0v) is 28.1. The van der Waals surface area contributed by atoms with Crippen LogP contribution in [0.2, 0.25) is 4.34 Å². The van der Waals surface area contributed by atoms with Crippen molar-refractivity contribution in [3.63, 3.8) is 0 Å². The number of benzene rings is 1. The van der Waals surface area contributed by atoms with E-state index in [0.717, 1.165) is 24.4 Å². The topological polar surface area (TPSA) is 153 Å². The summed E-state index contributed by atoms with van der Waals surface area (Å²) in [5, 5.41) is 11.3. The summed E-state index contributed by atoms with van der Waals surface area (Å²) >= 11 is 7.41. The van der Waals surface area contributed by atoms with Crippen LogP contribution in [0.1, 0.15) is 36.9 Å². The van der Waals surface area contributed by atoms with Crippen molar-refractivity contribution in [2.24, 2.45) is 0 Å². The number of carboxylic acids is 1. The van der Waals surface area contributed by atoms with Gasteiger partial charge < -0.3 is 19.4 Å². The van der Waals surface area contributed by atoms with Crippen molar-refractivity contribution in [2.75, 3.05) is 37.6 Å². The van der Waals surface area contributed by atoms with Gasteiger partial charge >= 0.3 is 12.1 Å². The first-order valence-corrected chi connectivity index (χ1v) is 17.8. The number of hydrogen-bond donors (Lipinski definition) is 2. The Balaban J connectivity index is 0.000000582. The van der Waals surface area contributed by atoms with Crippen LogP contribution in [0, 0.1) is 6.92 Å². The van der Waals surface area contributed by atoms with E-state index >= 15 is 0 Å². The summed E-state index contributed by atoms with van der Waals surface area (Å²) in [6.07, 6.45) is -1.50. The third-order valence-corrected chi connectivity index (χ3v) is 11.1. The Kier molecular flexibility index (Phi) is 10.8. The minimum atomic E-state index is -5.08. The molecule has 2 saturated heterocycles. The number of nitrogens with one attached hydrogen (secondary N) is 1. The maximum absolute atomic E-state index is 13.8. The van der Waals surface area contributed by atoms with Crippen molar-refractivity contribution in [2.45, 2.75) is 62.2 Å². The third-order valence-electron chi connectivity index (χ3n) is 8.22. The minimum absolute atomic E-state index is 0.0207. The maximum atomic E-state index is 13.8. The smallest absolute Gasteiger partial charge is 0.475 e. The van der Waals surface area contributed by atoms with Crippen molar-refractivity contribution in [3.05, 3.63) is 52.0 Å². The Bertz CT molecular complexity index is 1770. The number of carbonyl (C=O) groups excluding carboxylic acids is 2. The van der Waals surface area contributed by atoms with Gasteiger partial charge in [-0.25, -0.2) is 13.2 Å². The van der Waals surface area contributed by atoms with E-state index in [2.05, 4.69) is 14.8 Å². The lowest BCUT2D eigenvalue weighted by molar-refractivity contribution is -0.192. The van der Waals surface area contributed by atoms with E-state index in [0.29, 0.717) is 59.1 Å². The summed E-state index contributed by atoms with van der Waals surface area (Å²) in [4.78, 5) is 41.7. The average Bonchev–Trinajstić information content (AvgIpc) is 3.37. The highest BCUT2D eigenvalue weighted by atomic mass is 35.5. The van der Waals surface area contributed by atoms with Crippen LogP contribution in [0.3, 0.4) is 0 Å². The zero-order valence-electron chi connectivity index (χ0n) is 25.7. The van der Waals surface area contributed by atoms with Gasteiger partial charge in [0.1, 0.15) is 6.04 Å². The molecule has 2 amide bonds. The van der Waals surface area contributed by atoms with Gasteiger partial charge in [0, 0.05) is 63.4 Å². The lowest BCUT2D eigenvalue weighted by Crippen LogP contribution is -2.55. The van der Waals surface area contributed by atoms with Gasteiger partial charge in [-0.05, 0) is 56.0 Å². The quantitative estimate of drug-likeness (QED) is 0.328. The molecule has 1 aliphatic carbocycles. The van der Waals surface area contributed by atoms with Crippen molar-refractivity contribution in [3.8, 4) is 10.6 Å². The molecule has 48 heavy (non-hydrogen) atoms. The standard InChI is InChI=1S/C28H32ClN5O5S2.C2HF3O2/c1-18-22(34-11-3-6-27(34)35)4-2-5-25(18)41(37,38)31-21(28(36)33-14-12-32(13-15-33)20-7-8-20)16-19-17-23(39-30-19)24-9-10-26(29)40-24;3-2(4,5)1(6)7/h2,4-5,9-10,17,20-21,31H,3,6-8,11-16H2,1H3;(H,6,7)/t21-;/m0./s1. The van der Waals surface area contributed by atoms with Gasteiger partial charge in [-0.1, -0.05) is 22.8 Å². The first-order valence-electron chi connectivity index (χ1n) is 15.1. The number of halogens is 4. The van der Waals surface area contributed by atoms with Crippen LogP contribution in [-0.2, 0) is 30.8 Å². The molecule has 0 spiro atoms. The Morgan fingerprint density at radius 2 is 1.83 bits per heavy atom. The molecule has 3 aromatic rings. The number of nitrogens with zero attached hydrogens (tertiary/aromatic N) is 4. The van der Waals surface area contributed by atoms with Crippen LogP contribution in [0.4, 0.5) is 18.9 Å². The highest BCUT2D eigenvalue weighted by molar-refractivity contribution is 7.89. The normalized spacial score (nSPS) is 18.1. The molecule has 2 N–H and O–H groups in total. The SMILES string of the molecule is Cc1c(N2CCCC2=O)cccc1S(=O)(=O)N[C@@H](Cc1cc(-c2ccc(Cl)s2)on1)C(=O)N1CCN(C2CC2)CC1.O=C(O)C(F)(F)F. The number of sulfonamides is 1. The number of carbonyl (C=O) groups is 3. The molecule has 2 aromatic heterocycles. The second kappa shape index (κ2) is 14.5. The van der Waals surface area contributed by atoms with Gasteiger partial charge in [0.05, 0.1) is 19.8 Å². The molecule has 3 aliphatic rings. The molecule has 18 heteroatoms. The molecule has 1 aromatic carbocycles. The number of hydrogen-bond acceptors (Lipinski definition) is 9. The molecule has 0 unspecified atom stereocenters. The predicted molar refractivity (Wildman–Crippen MR) is 170 cm³/mol. The van der Waals surface area contributed by atoms with Gasteiger partial charge in [-0.3, -0.25) is 14.5 Å². The maximum Gasteiger partial charge on any atom is 0.490 e. The zero-order chi connectivity index (χ0) is 34.8. The van der Waals surface area contributed by atoms with Gasteiger partial charge in [-0.15, -0.1) is 11.3 Å². The number of alkyl halides is 3. The van der Waals surface area contributed by atoms with E-state index in [4.69, 9.17) is 26.0 Å². The molecular formula is C30H33ClF3N5O7S2. The predicted octanol–water partition coefficient (Wildman–Crippen LogP) is 4.32. The van der Waals surface area contributed by atoms with E-state index in [1.165, 1.54) is 30.2 Å². The van der Waals surface area contributed by atoms with Gasteiger partial charge in [-0.2, -0.15) is 17.9 Å². The van der Waals surface area contributed by atoms with Crippen molar-refractivity contribution in [1.82, 2.24) is 19.7 Å². The van der Waals surface area contributed by atoms with Crippen LogP contribution in [0.5, 0.6) is 0 Å². The molecule has 2 aliphatic heterocycles. The first-order chi connectivity index (χ1) is 22.6. The first kappa shape index (κ1) is 35.8. The fraction of sp³-hybridized carbons (Fsp3) is 0.467. The summed E-state index contributed by atoms with van der Waals surface area (Å²) in [6, 6.07) is 9.71. The molecule has 3 fully saturated rings. The van der Waals surface area contributed by atoms with Crippen LogP contribution >= 0.6 is 22.9 Å². The molecule has 0 radical (unpaired) electrons. The fourth-order valence-corrected chi connectivity index (χ4v) is 8.11. The van der Waals surface area contributed by atoms with E-state index < -0.39 is 28.2 Å². The number of aliphatic carboxylic acids is 1. The summed E-state index contributed by atoms with van der Waals surface area (Å²) in [5.41, 5.74) is 1.50. The monoisotopic (exact) mass is 731 g/mol. The van der Waals surface area contributed by atoms with Gasteiger partial charge in [0.25, 0.3) is 0 Å². The van der Waals surface area contributed by atoms with E-state index in [9.17, 15) is 31.2 Å². The Morgan fingerprint density at radius 3 is 2.40 bits per heavy atom. The van der Waals surface area contributed by atoms with E-state index in [1.807, 2.05) is 6.07 Å². The number of aromatic nitrogens is 1. The highest BCUT2D eigenvalue weighted by Gasteiger charge is 2.38.